The minimum Gasteiger partial charge on any atom is -0.508 e. The average molecular weight is 517 g/mol. The number of nitrogens with one attached hydrogen (secondary N) is 1. The Morgan fingerprint density at radius 2 is 1.95 bits per heavy atom. The summed E-state index contributed by atoms with van der Waals surface area (Å²) in [5, 5.41) is 13.2. The van der Waals surface area contributed by atoms with E-state index < -0.39 is 35.1 Å². The number of carbonyl (C=O) groups is 2. The van der Waals surface area contributed by atoms with Crippen LogP contribution in [0.1, 0.15) is 42.9 Å². The monoisotopic (exact) mass is 516 g/mol. The molecule has 6 nitrogen and oxygen atoms in total. The largest absolute Gasteiger partial charge is 0.508 e. The van der Waals surface area contributed by atoms with E-state index in [1.54, 1.807) is 18.2 Å². The molecular weight excluding hydrogens is 485 g/mol. The van der Waals surface area contributed by atoms with Gasteiger partial charge in [0.15, 0.2) is 0 Å². The molecule has 4 unspecified atom stereocenters. The van der Waals surface area contributed by atoms with Gasteiger partial charge in [0.2, 0.25) is 5.91 Å². The van der Waals surface area contributed by atoms with Gasteiger partial charge in [-0.25, -0.2) is 0 Å². The van der Waals surface area contributed by atoms with Gasteiger partial charge in [0.25, 0.3) is 0 Å². The first-order valence-corrected chi connectivity index (χ1v) is 12.3. The summed E-state index contributed by atoms with van der Waals surface area (Å²) in [6, 6.07) is 11.5. The average Bonchev–Trinajstić information content (AvgIpc) is 2.82. The molecule has 2 aliphatic rings. The van der Waals surface area contributed by atoms with Gasteiger partial charge in [-0.15, -0.1) is 0 Å². The zero-order chi connectivity index (χ0) is 26.8. The van der Waals surface area contributed by atoms with Gasteiger partial charge in [-0.05, 0) is 67.9 Å². The summed E-state index contributed by atoms with van der Waals surface area (Å²) in [5.74, 6) is -0.740. The quantitative estimate of drug-likeness (QED) is 0.451. The summed E-state index contributed by atoms with van der Waals surface area (Å²) in [6.45, 7) is 2.86. The van der Waals surface area contributed by atoms with Crippen LogP contribution in [0.25, 0.3) is 6.08 Å². The van der Waals surface area contributed by atoms with E-state index in [0.29, 0.717) is 19.4 Å². The fourth-order valence-electron chi connectivity index (χ4n) is 5.86. The van der Waals surface area contributed by atoms with Gasteiger partial charge in [-0.2, -0.15) is 13.2 Å². The third-order valence-electron chi connectivity index (χ3n) is 7.46. The third-order valence-corrected chi connectivity index (χ3v) is 7.46. The maximum Gasteiger partial charge on any atom is 0.416 e. The number of halogens is 3. The van der Waals surface area contributed by atoms with Crippen molar-refractivity contribution in [3.63, 3.8) is 0 Å². The van der Waals surface area contributed by atoms with E-state index >= 15 is 0 Å². The second-order valence-electron chi connectivity index (χ2n) is 10.1. The van der Waals surface area contributed by atoms with E-state index in [4.69, 9.17) is 4.74 Å². The molecule has 0 spiro atoms. The lowest BCUT2D eigenvalue weighted by molar-refractivity contribution is -0.157. The highest BCUT2D eigenvalue weighted by atomic mass is 19.4. The number of rotatable bonds is 5. The number of carbonyl (C=O) groups excluding carboxylic acids is 2. The van der Waals surface area contributed by atoms with Gasteiger partial charge in [0.1, 0.15) is 11.9 Å². The molecular formula is C28H31F3N2O4. The summed E-state index contributed by atoms with van der Waals surface area (Å²) >= 11 is 0. The number of nitrogens with zero attached hydrogens (tertiary/aromatic N) is 1. The summed E-state index contributed by atoms with van der Waals surface area (Å²) in [4.78, 5) is 27.0. The number of fused-ring (bicyclic) bond motifs is 1. The number of esters is 1. The van der Waals surface area contributed by atoms with Crippen LogP contribution in [0.2, 0.25) is 0 Å². The Morgan fingerprint density at radius 1 is 1.19 bits per heavy atom. The summed E-state index contributed by atoms with van der Waals surface area (Å²) in [6.07, 6.45) is -0.600. The van der Waals surface area contributed by atoms with E-state index in [-0.39, 0.29) is 23.3 Å². The van der Waals surface area contributed by atoms with Crippen molar-refractivity contribution in [2.75, 3.05) is 20.1 Å². The minimum absolute atomic E-state index is 0.0363. The highest BCUT2D eigenvalue weighted by Gasteiger charge is 2.53. The van der Waals surface area contributed by atoms with Gasteiger partial charge in [-0.3, -0.25) is 9.59 Å². The molecule has 0 bridgehead atoms. The van der Waals surface area contributed by atoms with Crippen molar-refractivity contribution in [3.8, 4) is 5.75 Å². The van der Waals surface area contributed by atoms with Crippen LogP contribution >= 0.6 is 0 Å². The number of ether oxygens (including phenoxy) is 1. The lowest BCUT2D eigenvalue weighted by atomic mass is 9.57. The molecule has 1 aliphatic carbocycles. The van der Waals surface area contributed by atoms with Crippen molar-refractivity contribution in [2.45, 2.75) is 49.9 Å². The number of alkyl halides is 3. The molecule has 2 aromatic rings. The molecule has 198 valence electrons. The predicted molar refractivity (Wildman–Crippen MR) is 133 cm³/mol. The number of phenolic OH excluding ortho intramolecular Hbond substituents is 1. The van der Waals surface area contributed by atoms with Crippen molar-refractivity contribution >= 4 is 18.0 Å². The van der Waals surface area contributed by atoms with Crippen molar-refractivity contribution in [2.24, 2.45) is 5.92 Å². The minimum atomic E-state index is -4.47. The number of phenols is 1. The Bertz CT molecular complexity index is 1180. The van der Waals surface area contributed by atoms with Gasteiger partial charge in [0, 0.05) is 43.3 Å². The lowest BCUT2D eigenvalue weighted by Gasteiger charge is -2.55. The molecule has 4 rings (SSSR count). The number of piperidine rings is 1. The van der Waals surface area contributed by atoms with Crippen LogP contribution in [0.5, 0.6) is 5.75 Å². The SMILES string of the molecule is CC(=O)OC1CC(NC(=O)C=Cc2cccc(C(F)(F)F)c2)CC2(c3cccc(O)c3)CCN(C)CC12. The first kappa shape index (κ1) is 26.7. The second-order valence-corrected chi connectivity index (χ2v) is 10.1. The Labute approximate surface area is 214 Å². The molecule has 1 saturated carbocycles. The maximum absolute atomic E-state index is 13.0. The van der Waals surface area contributed by atoms with E-state index in [2.05, 4.69) is 10.2 Å². The van der Waals surface area contributed by atoms with E-state index in [9.17, 15) is 27.9 Å². The molecule has 1 saturated heterocycles. The number of likely N-dealkylation sites (tertiary alicyclic amines) is 1. The van der Waals surface area contributed by atoms with Crippen LogP contribution in [0.3, 0.4) is 0 Å². The van der Waals surface area contributed by atoms with Crippen LogP contribution < -0.4 is 5.32 Å². The van der Waals surface area contributed by atoms with E-state index in [1.807, 2.05) is 13.1 Å². The molecule has 37 heavy (non-hydrogen) atoms. The maximum atomic E-state index is 13.0. The number of benzene rings is 2. The molecule has 2 aromatic carbocycles. The third kappa shape index (κ3) is 6.15. The van der Waals surface area contributed by atoms with Gasteiger partial charge < -0.3 is 20.1 Å². The normalized spacial score (nSPS) is 26.5. The van der Waals surface area contributed by atoms with Crippen LogP contribution in [0, 0.1) is 5.92 Å². The smallest absolute Gasteiger partial charge is 0.416 e. The zero-order valence-electron chi connectivity index (χ0n) is 20.8. The summed E-state index contributed by atoms with van der Waals surface area (Å²) < 4.78 is 44.8. The van der Waals surface area contributed by atoms with Crippen molar-refractivity contribution in [3.05, 3.63) is 71.3 Å². The molecule has 1 amide bonds. The van der Waals surface area contributed by atoms with Crippen molar-refractivity contribution in [1.82, 2.24) is 10.2 Å². The van der Waals surface area contributed by atoms with Crippen LogP contribution in [0.4, 0.5) is 13.2 Å². The highest BCUT2D eigenvalue weighted by Crippen LogP contribution is 2.50. The Balaban J connectivity index is 1.59. The second kappa shape index (κ2) is 10.6. The number of hydrogen-bond donors (Lipinski definition) is 2. The zero-order valence-corrected chi connectivity index (χ0v) is 20.8. The molecule has 4 atom stereocenters. The van der Waals surface area contributed by atoms with Gasteiger partial charge in [0.05, 0.1) is 5.56 Å². The number of hydrogen-bond acceptors (Lipinski definition) is 5. The highest BCUT2D eigenvalue weighted by molar-refractivity contribution is 5.92. The number of amides is 1. The van der Waals surface area contributed by atoms with Crippen LogP contribution in [-0.4, -0.2) is 54.2 Å². The fourth-order valence-corrected chi connectivity index (χ4v) is 5.86. The Kier molecular flexibility index (Phi) is 7.64. The number of aromatic hydroxyl groups is 1. The summed E-state index contributed by atoms with van der Waals surface area (Å²) in [7, 11) is 2.02. The fraction of sp³-hybridized carbons (Fsp3) is 0.429. The molecule has 1 heterocycles. The van der Waals surface area contributed by atoms with Gasteiger partial charge >= 0.3 is 12.1 Å². The van der Waals surface area contributed by atoms with Crippen LogP contribution in [0.15, 0.2) is 54.6 Å². The lowest BCUT2D eigenvalue weighted by Crippen LogP contribution is -2.61. The molecule has 0 radical (unpaired) electrons. The first-order chi connectivity index (χ1) is 17.5. The molecule has 9 heteroatoms. The van der Waals surface area contributed by atoms with E-state index in [1.165, 1.54) is 31.2 Å². The Morgan fingerprint density at radius 3 is 2.65 bits per heavy atom. The molecule has 0 aromatic heterocycles. The van der Waals surface area contributed by atoms with Crippen molar-refractivity contribution in [1.29, 1.82) is 0 Å². The van der Waals surface area contributed by atoms with Crippen LogP contribution in [-0.2, 0) is 25.9 Å². The predicted octanol–water partition coefficient (Wildman–Crippen LogP) is 4.52. The molecule has 2 N–H and O–H groups in total. The van der Waals surface area contributed by atoms with Crippen molar-refractivity contribution < 1.29 is 32.6 Å². The van der Waals surface area contributed by atoms with E-state index in [0.717, 1.165) is 30.7 Å². The first-order valence-electron chi connectivity index (χ1n) is 12.3. The summed E-state index contributed by atoms with van der Waals surface area (Å²) in [5.41, 5.74) is -0.0288. The topological polar surface area (TPSA) is 78.9 Å². The molecule has 1 aliphatic heterocycles. The standard InChI is InChI=1S/C28H31F3N2O4/c1-18(34)37-25-15-22(32-26(36)10-9-19-5-3-7-21(13-19)28(29,30)31)16-27(11-12-33(2)17-24(25)27)20-6-4-8-23(35)14-20/h3-10,13-14,22,24-25,35H,11-12,15-17H2,1-2H3,(H,32,36). The van der Waals surface area contributed by atoms with Gasteiger partial charge in [-0.1, -0.05) is 24.3 Å². The Hall–Kier alpha value is -3.33. The molecule has 2 fully saturated rings.